The van der Waals surface area contributed by atoms with Crippen LogP contribution in [-0.2, 0) is 0 Å². The Morgan fingerprint density at radius 1 is 0.920 bits per heavy atom. The molecule has 2 nitrogen and oxygen atoms in total. The van der Waals surface area contributed by atoms with Crippen LogP contribution in [0.5, 0.6) is 0 Å². The Balaban J connectivity index is 3.70. The van der Waals surface area contributed by atoms with E-state index < -0.39 is 0 Å². The molecule has 0 aromatic heterocycles. The fraction of sp³-hybridized carbons (Fsp3) is 0.348. The largest absolute Gasteiger partial charge is 0.386 e. The van der Waals surface area contributed by atoms with E-state index in [1.165, 1.54) is 33.4 Å². The van der Waals surface area contributed by atoms with E-state index in [1.807, 2.05) is 7.05 Å². The number of nitrogens with zero attached hydrogens (tertiary/aromatic N) is 1. The van der Waals surface area contributed by atoms with Crippen molar-refractivity contribution in [1.82, 2.24) is 0 Å². The summed E-state index contributed by atoms with van der Waals surface area (Å²) in [6.07, 6.45) is 8.58. The van der Waals surface area contributed by atoms with E-state index in [0.717, 1.165) is 16.9 Å². The lowest BCUT2D eigenvalue weighted by molar-refractivity contribution is 1.33. The molecule has 0 aliphatic heterocycles. The molecule has 1 rings (SSSR count). The first-order valence-electron chi connectivity index (χ1n) is 8.69. The average molecular weight is 337 g/mol. The minimum absolute atomic E-state index is 0.915. The van der Waals surface area contributed by atoms with E-state index in [1.54, 1.807) is 0 Å². The summed E-state index contributed by atoms with van der Waals surface area (Å²) >= 11 is 0. The molecule has 0 spiro atoms. The summed E-state index contributed by atoms with van der Waals surface area (Å²) < 4.78 is 0. The molecule has 0 saturated heterocycles. The van der Waals surface area contributed by atoms with Crippen LogP contribution in [0.4, 0.5) is 11.4 Å². The first-order valence-corrected chi connectivity index (χ1v) is 8.69. The first kappa shape index (κ1) is 20.7. The van der Waals surface area contributed by atoms with Crippen molar-refractivity contribution in [3.8, 4) is 0 Å². The second-order valence-electron chi connectivity index (χ2n) is 6.94. The van der Waals surface area contributed by atoms with Crippen LogP contribution in [0.2, 0.25) is 0 Å². The number of rotatable bonds is 6. The molecule has 0 aliphatic carbocycles. The summed E-state index contributed by atoms with van der Waals surface area (Å²) in [5, 5.41) is 3.33. The van der Waals surface area contributed by atoms with Gasteiger partial charge in [0.15, 0.2) is 0 Å². The van der Waals surface area contributed by atoms with Gasteiger partial charge in [-0.3, -0.25) is 4.99 Å². The maximum absolute atomic E-state index is 4.37. The molecule has 0 unspecified atom stereocenters. The highest BCUT2D eigenvalue weighted by Gasteiger charge is 2.16. The smallest absolute Gasteiger partial charge is 0.0937 e. The number of aryl methyl sites for hydroxylation is 1. The third-order valence-electron chi connectivity index (χ3n) is 4.06. The van der Waals surface area contributed by atoms with Crippen LogP contribution in [0.3, 0.4) is 0 Å². The lowest BCUT2D eigenvalue weighted by atomic mass is 9.92. The van der Waals surface area contributed by atoms with E-state index in [2.05, 4.69) is 95.9 Å². The van der Waals surface area contributed by atoms with Crippen LogP contribution < -0.4 is 5.32 Å². The van der Waals surface area contributed by atoms with Crippen LogP contribution >= 0.6 is 0 Å². The molecule has 134 valence electrons. The Morgan fingerprint density at radius 2 is 1.44 bits per heavy atom. The van der Waals surface area contributed by atoms with Crippen molar-refractivity contribution in [2.24, 2.45) is 4.99 Å². The van der Waals surface area contributed by atoms with Gasteiger partial charge >= 0.3 is 0 Å². The van der Waals surface area contributed by atoms with E-state index >= 15 is 0 Å². The van der Waals surface area contributed by atoms with Gasteiger partial charge in [0.05, 0.1) is 11.4 Å². The number of hydrogen-bond donors (Lipinski definition) is 1. The Morgan fingerprint density at radius 3 is 1.88 bits per heavy atom. The van der Waals surface area contributed by atoms with E-state index in [9.17, 15) is 0 Å². The fourth-order valence-electron chi connectivity index (χ4n) is 2.78. The number of nitrogens with one attached hydrogen (secondary N) is 1. The standard InChI is InChI=1S/C23H32N2/c1-15(2)10-12-17(5)20-14-19(7)21(18(6)13-11-16(3)4)23(25-9)22(20)24-8/h10-14,24H,9H2,1-8H3/b17-12+,18-13+. The Bertz CT molecular complexity index is 764. The molecule has 0 aliphatic rings. The third-order valence-corrected chi connectivity index (χ3v) is 4.06. The average Bonchev–Trinajstić information content (AvgIpc) is 2.56. The van der Waals surface area contributed by atoms with Gasteiger partial charge < -0.3 is 5.32 Å². The number of benzene rings is 1. The molecule has 0 amide bonds. The van der Waals surface area contributed by atoms with Gasteiger partial charge in [-0.15, -0.1) is 0 Å². The van der Waals surface area contributed by atoms with Crippen LogP contribution in [-0.4, -0.2) is 13.8 Å². The molecule has 25 heavy (non-hydrogen) atoms. The van der Waals surface area contributed by atoms with Gasteiger partial charge in [0.25, 0.3) is 0 Å². The van der Waals surface area contributed by atoms with Gasteiger partial charge in [-0.2, -0.15) is 0 Å². The van der Waals surface area contributed by atoms with Gasteiger partial charge in [0.1, 0.15) is 0 Å². The summed E-state index contributed by atoms with van der Waals surface area (Å²) in [6, 6.07) is 2.24. The van der Waals surface area contributed by atoms with Gasteiger partial charge in [-0.1, -0.05) is 35.5 Å². The SMILES string of the molecule is C=Nc1c(NC)c(/C(C)=C/C=C(C)C)cc(C)c1/C(C)=C/C=C(C)C. The van der Waals surface area contributed by atoms with E-state index in [-0.39, 0.29) is 0 Å². The van der Waals surface area contributed by atoms with Crippen molar-refractivity contribution in [2.75, 3.05) is 12.4 Å². The molecule has 1 N–H and O–H groups in total. The predicted octanol–water partition coefficient (Wildman–Crippen LogP) is 7.11. The molecule has 0 heterocycles. The molecular formula is C23H32N2. The number of hydrogen-bond acceptors (Lipinski definition) is 2. The maximum atomic E-state index is 4.37. The monoisotopic (exact) mass is 336 g/mol. The second kappa shape index (κ2) is 9.22. The highest BCUT2D eigenvalue weighted by Crippen LogP contribution is 2.41. The summed E-state index contributed by atoms with van der Waals surface area (Å²) in [6.45, 7) is 18.6. The molecule has 1 aromatic rings. The summed E-state index contributed by atoms with van der Waals surface area (Å²) in [7, 11) is 1.94. The molecule has 0 atom stereocenters. The molecule has 0 radical (unpaired) electrons. The number of allylic oxidation sites excluding steroid dienone is 8. The molecule has 0 fully saturated rings. The van der Waals surface area contributed by atoms with Crippen molar-refractivity contribution >= 4 is 29.2 Å². The van der Waals surface area contributed by atoms with Crippen molar-refractivity contribution in [2.45, 2.75) is 48.5 Å². The molecule has 0 saturated carbocycles. The normalized spacial score (nSPS) is 11.8. The number of anilines is 1. The molecule has 0 bridgehead atoms. The summed E-state index contributed by atoms with van der Waals surface area (Å²) in [4.78, 5) is 4.37. The molecule has 2 heteroatoms. The van der Waals surface area contributed by atoms with Crippen LogP contribution in [0, 0.1) is 6.92 Å². The maximum Gasteiger partial charge on any atom is 0.0937 e. The Kier molecular flexibility index (Phi) is 7.63. The summed E-state index contributed by atoms with van der Waals surface area (Å²) in [5.74, 6) is 0. The second-order valence-corrected chi connectivity index (χ2v) is 6.94. The highest BCUT2D eigenvalue weighted by atomic mass is 14.9. The number of aliphatic imine (C=N–C) groups is 1. The quantitative estimate of drug-likeness (QED) is 0.434. The highest BCUT2D eigenvalue weighted by molar-refractivity contribution is 5.92. The van der Waals surface area contributed by atoms with Crippen molar-refractivity contribution in [3.05, 3.63) is 58.2 Å². The zero-order valence-corrected chi connectivity index (χ0v) is 17.0. The van der Waals surface area contributed by atoms with E-state index in [4.69, 9.17) is 0 Å². The van der Waals surface area contributed by atoms with Crippen LogP contribution in [0.25, 0.3) is 11.1 Å². The fourth-order valence-corrected chi connectivity index (χ4v) is 2.78. The van der Waals surface area contributed by atoms with Gasteiger partial charge in [-0.05, 0) is 78.0 Å². The minimum Gasteiger partial charge on any atom is -0.386 e. The Hall–Kier alpha value is -2.35. The van der Waals surface area contributed by atoms with Crippen molar-refractivity contribution in [1.29, 1.82) is 0 Å². The first-order chi connectivity index (χ1) is 11.7. The van der Waals surface area contributed by atoms with Crippen molar-refractivity contribution in [3.63, 3.8) is 0 Å². The minimum atomic E-state index is 0.915. The van der Waals surface area contributed by atoms with Gasteiger partial charge in [0.2, 0.25) is 0 Å². The zero-order valence-electron chi connectivity index (χ0n) is 17.0. The van der Waals surface area contributed by atoms with Crippen LogP contribution in [0.1, 0.15) is 58.2 Å². The van der Waals surface area contributed by atoms with Gasteiger partial charge in [0, 0.05) is 18.2 Å². The lowest BCUT2D eigenvalue weighted by Gasteiger charge is -2.19. The Labute approximate surface area is 153 Å². The van der Waals surface area contributed by atoms with E-state index in [0.29, 0.717) is 0 Å². The molecular weight excluding hydrogens is 304 g/mol. The lowest BCUT2D eigenvalue weighted by Crippen LogP contribution is -2.00. The zero-order chi connectivity index (χ0) is 19.1. The third kappa shape index (κ3) is 5.32. The predicted molar refractivity (Wildman–Crippen MR) is 116 cm³/mol. The van der Waals surface area contributed by atoms with Gasteiger partial charge in [-0.25, -0.2) is 0 Å². The van der Waals surface area contributed by atoms with Crippen LogP contribution in [0.15, 0.2) is 46.5 Å². The molecule has 1 aromatic carbocycles. The summed E-state index contributed by atoms with van der Waals surface area (Å²) in [5.41, 5.74) is 10.4. The van der Waals surface area contributed by atoms with Crippen molar-refractivity contribution < 1.29 is 0 Å². The topological polar surface area (TPSA) is 24.4 Å².